The lowest BCUT2D eigenvalue weighted by molar-refractivity contribution is -0.144. The average molecular weight is 308 g/mol. The Bertz CT molecular complexity index is 518. The number of hydrogen-bond acceptors (Lipinski definition) is 4. The fraction of sp³-hybridized carbons (Fsp3) is 0.400. The number of carbonyl (C=O) groups excluding carboxylic acids is 2. The summed E-state index contributed by atoms with van der Waals surface area (Å²) in [5.74, 6) is -1.73. The molecule has 0 bridgehead atoms. The Morgan fingerprint density at radius 2 is 1.82 bits per heavy atom. The van der Waals surface area contributed by atoms with Gasteiger partial charge >= 0.3 is 18.0 Å². The topological polar surface area (TPSA) is 105 Å². The number of hydrogen-bond donors (Lipinski definition) is 3. The summed E-state index contributed by atoms with van der Waals surface area (Å²) in [6.45, 7) is 3.33. The van der Waals surface area contributed by atoms with Crippen molar-refractivity contribution in [3.8, 4) is 0 Å². The zero-order chi connectivity index (χ0) is 16.5. The van der Waals surface area contributed by atoms with E-state index >= 15 is 0 Å². The highest BCUT2D eigenvalue weighted by Gasteiger charge is 2.23. The number of amides is 2. The number of carboxylic acids is 1. The summed E-state index contributed by atoms with van der Waals surface area (Å²) < 4.78 is 4.75. The summed E-state index contributed by atoms with van der Waals surface area (Å²) in [4.78, 5) is 34.4. The van der Waals surface area contributed by atoms with E-state index in [0.717, 1.165) is 5.56 Å². The molecule has 0 heterocycles. The molecule has 3 N–H and O–H groups in total. The normalized spacial score (nSPS) is 12.8. The molecule has 0 aliphatic heterocycles. The van der Waals surface area contributed by atoms with Crippen molar-refractivity contribution in [2.24, 2.45) is 0 Å². The molecule has 22 heavy (non-hydrogen) atoms. The molecule has 0 aliphatic carbocycles. The van der Waals surface area contributed by atoms with Crippen molar-refractivity contribution < 1.29 is 24.2 Å². The van der Waals surface area contributed by atoms with Gasteiger partial charge in [0, 0.05) is 6.42 Å². The van der Waals surface area contributed by atoms with Gasteiger partial charge in [-0.05, 0) is 19.4 Å². The molecule has 1 aromatic rings. The Hall–Kier alpha value is -2.57. The van der Waals surface area contributed by atoms with Gasteiger partial charge in [0.05, 0.1) is 6.61 Å². The van der Waals surface area contributed by atoms with Crippen molar-refractivity contribution in [2.45, 2.75) is 32.4 Å². The zero-order valence-corrected chi connectivity index (χ0v) is 12.5. The average Bonchev–Trinajstić information content (AvgIpc) is 2.47. The largest absolute Gasteiger partial charge is 0.480 e. The molecule has 0 saturated heterocycles. The summed E-state index contributed by atoms with van der Waals surface area (Å²) in [6, 6.07) is 6.27. The molecule has 2 atom stereocenters. The van der Waals surface area contributed by atoms with Gasteiger partial charge in [0.2, 0.25) is 0 Å². The maximum atomic E-state index is 11.8. The van der Waals surface area contributed by atoms with Crippen molar-refractivity contribution in [2.75, 3.05) is 6.61 Å². The van der Waals surface area contributed by atoms with Crippen LogP contribution >= 0.6 is 0 Å². The van der Waals surface area contributed by atoms with Crippen LogP contribution in [-0.2, 0) is 20.7 Å². The summed E-state index contributed by atoms with van der Waals surface area (Å²) in [7, 11) is 0. The third-order valence-corrected chi connectivity index (χ3v) is 2.87. The van der Waals surface area contributed by atoms with Gasteiger partial charge in [-0.2, -0.15) is 0 Å². The van der Waals surface area contributed by atoms with Crippen LogP contribution in [-0.4, -0.2) is 41.8 Å². The van der Waals surface area contributed by atoms with E-state index in [1.54, 1.807) is 31.2 Å². The van der Waals surface area contributed by atoms with E-state index < -0.39 is 30.1 Å². The van der Waals surface area contributed by atoms with Gasteiger partial charge in [-0.1, -0.05) is 30.3 Å². The maximum absolute atomic E-state index is 11.8. The molecule has 1 aromatic carbocycles. The van der Waals surface area contributed by atoms with E-state index in [4.69, 9.17) is 4.74 Å². The van der Waals surface area contributed by atoms with Crippen LogP contribution in [0.4, 0.5) is 4.79 Å². The highest BCUT2D eigenvalue weighted by Crippen LogP contribution is 2.03. The lowest BCUT2D eigenvalue weighted by Gasteiger charge is -2.17. The highest BCUT2D eigenvalue weighted by atomic mass is 16.5. The van der Waals surface area contributed by atoms with Crippen molar-refractivity contribution >= 4 is 18.0 Å². The maximum Gasteiger partial charge on any atom is 0.328 e. The van der Waals surface area contributed by atoms with Crippen LogP contribution in [0.15, 0.2) is 30.3 Å². The zero-order valence-electron chi connectivity index (χ0n) is 12.5. The molecule has 0 aromatic heterocycles. The molecule has 2 amide bonds. The molecule has 120 valence electrons. The number of rotatable bonds is 7. The molecule has 0 radical (unpaired) electrons. The van der Waals surface area contributed by atoms with Gasteiger partial charge < -0.3 is 20.5 Å². The monoisotopic (exact) mass is 308 g/mol. The van der Waals surface area contributed by atoms with Crippen LogP contribution in [0.25, 0.3) is 0 Å². The Balaban J connectivity index is 2.58. The molecule has 1 rings (SSSR count). The first-order chi connectivity index (χ1) is 10.4. The third kappa shape index (κ3) is 5.82. The van der Waals surface area contributed by atoms with E-state index in [-0.39, 0.29) is 13.0 Å². The van der Waals surface area contributed by atoms with Gasteiger partial charge in [0.25, 0.3) is 0 Å². The lowest BCUT2D eigenvalue weighted by Crippen LogP contribution is -2.51. The molecule has 0 fully saturated rings. The van der Waals surface area contributed by atoms with Crippen LogP contribution in [0, 0.1) is 0 Å². The predicted molar refractivity (Wildman–Crippen MR) is 79.3 cm³/mol. The number of urea groups is 1. The smallest absolute Gasteiger partial charge is 0.328 e. The number of carboxylic acid groups (broad SMARTS) is 1. The van der Waals surface area contributed by atoms with E-state index in [2.05, 4.69) is 10.6 Å². The Morgan fingerprint density at radius 3 is 2.36 bits per heavy atom. The van der Waals surface area contributed by atoms with Gasteiger partial charge in [-0.3, -0.25) is 0 Å². The SMILES string of the molecule is CCOC(=O)C(C)NC(=O)N[C@@H](Cc1ccccc1)C(=O)O. The minimum Gasteiger partial charge on any atom is -0.480 e. The van der Waals surface area contributed by atoms with Crippen molar-refractivity contribution in [1.82, 2.24) is 10.6 Å². The van der Waals surface area contributed by atoms with E-state index in [0.29, 0.717) is 0 Å². The molecule has 0 saturated carbocycles. The molecule has 7 heteroatoms. The van der Waals surface area contributed by atoms with Gasteiger partial charge in [-0.25, -0.2) is 14.4 Å². The molecular formula is C15H20N2O5. The number of nitrogens with one attached hydrogen (secondary N) is 2. The molecule has 1 unspecified atom stereocenters. The Labute approximate surface area is 128 Å². The molecule has 7 nitrogen and oxygen atoms in total. The summed E-state index contributed by atoms with van der Waals surface area (Å²) in [5.41, 5.74) is 0.786. The van der Waals surface area contributed by atoms with Crippen LogP contribution < -0.4 is 10.6 Å². The minimum absolute atomic E-state index is 0.150. The van der Waals surface area contributed by atoms with Crippen LogP contribution in [0.1, 0.15) is 19.4 Å². The first-order valence-electron chi connectivity index (χ1n) is 6.94. The predicted octanol–water partition coefficient (Wildman–Crippen LogP) is 0.933. The first-order valence-corrected chi connectivity index (χ1v) is 6.94. The second-order valence-corrected chi connectivity index (χ2v) is 4.67. The number of carbonyl (C=O) groups is 3. The summed E-state index contributed by atoms with van der Waals surface area (Å²) in [5, 5.41) is 13.9. The van der Waals surface area contributed by atoms with Crippen LogP contribution in [0.5, 0.6) is 0 Å². The minimum atomic E-state index is -1.15. The molecule has 0 aliphatic rings. The number of esters is 1. The van der Waals surface area contributed by atoms with Gasteiger partial charge in [0.15, 0.2) is 0 Å². The van der Waals surface area contributed by atoms with E-state index in [1.807, 2.05) is 6.07 Å². The quantitative estimate of drug-likeness (QED) is 0.650. The van der Waals surface area contributed by atoms with Crippen LogP contribution in [0.2, 0.25) is 0 Å². The number of benzene rings is 1. The molecular weight excluding hydrogens is 288 g/mol. The summed E-state index contributed by atoms with van der Waals surface area (Å²) in [6.07, 6.45) is 0.150. The number of ether oxygens (including phenoxy) is 1. The van der Waals surface area contributed by atoms with Crippen molar-refractivity contribution in [1.29, 1.82) is 0 Å². The number of aliphatic carboxylic acids is 1. The third-order valence-electron chi connectivity index (χ3n) is 2.87. The van der Waals surface area contributed by atoms with Crippen molar-refractivity contribution in [3.05, 3.63) is 35.9 Å². The fourth-order valence-corrected chi connectivity index (χ4v) is 1.77. The van der Waals surface area contributed by atoms with Crippen LogP contribution in [0.3, 0.4) is 0 Å². The second kappa shape index (κ2) is 8.66. The van der Waals surface area contributed by atoms with Crippen molar-refractivity contribution in [3.63, 3.8) is 0 Å². The Morgan fingerprint density at radius 1 is 1.18 bits per heavy atom. The van der Waals surface area contributed by atoms with E-state index in [1.165, 1.54) is 6.92 Å². The first kappa shape index (κ1) is 17.5. The van der Waals surface area contributed by atoms with E-state index in [9.17, 15) is 19.5 Å². The highest BCUT2D eigenvalue weighted by molar-refractivity contribution is 5.86. The summed E-state index contributed by atoms with van der Waals surface area (Å²) >= 11 is 0. The van der Waals surface area contributed by atoms with Gasteiger partial charge in [0.1, 0.15) is 12.1 Å². The fourth-order valence-electron chi connectivity index (χ4n) is 1.77. The Kier molecular flexibility index (Phi) is 6.88. The second-order valence-electron chi connectivity index (χ2n) is 4.67. The standard InChI is InChI=1S/C15H20N2O5/c1-3-22-14(20)10(2)16-15(21)17-12(13(18)19)9-11-7-5-4-6-8-11/h4-8,10,12H,3,9H2,1-2H3,(H,18,19)(H2,16,17,21)/t10?,12-/m0/s1. The van der Waals surface area contributed by atoms with Gasteiger partial charge in [-0.15, -0.1) is 0 Å². The molecule has 0 spiro atoms. The lowest BCUT2D eigenvalue weighted by atomic mass is 10.1.